The lowest BCUT2D eigenvalue weighted by atomic mass is 9.97. The summed E-state index contributed by atoms with van der Waals surface area (Å²) in [5, 5.41) is 3.04. The van der Waals surface area contributed by atoms with Gasteiger partial charge < -0.3 is 14.8 Å². The lowest BCUT2D eigenvalue weighted by Crippen LogP contribution is -2.28. The molecular weight excluding hydrogens is 424 g/mol. The van der Waals surface area contributed by atoms with E-state index in [1.54, 1.807) is 14.2 Å². The van der Waals surface area contributed by atoms with Crippen LogP contribution in [0.5, 0.6) is 11.5 Å². The van der Waals surface area contributed by atoms with Crippen LogP contribution in [0.2, 0.25) is 0 Å². The van der Waals surface area contributed by atoms with Gasteiger partial charge in [0.2, 0.25) is 0 Å². The van der Waals surface area contributed by atoms with Crippen molar-refractivity contribution in [3.05, 3.63) is 101 Å². The van der Waals surface area contributed by atoms with E-state index in [1.807, 2.05) is 43.3 Å². The zero-order valence-corrected chi connectivity index (χ0v) is 20.1. The quantitative estimate of drug-likeness (QED) is 0.504. The topological polar surface area (TPSA) is 50.8 Å². The number of hydrogen-bond donors (Lipinski definition) is 1. The zero-order valence-electron chi connectivity index (χ0n) is 20.1. The van der Waals surface area contributed by atoms with E-state index in [0.717, 1.165) is 54.2 Å². The third-order valence-electron chi connectivity index (χ3n) is 6.21. The van der Waals surface area contributed by atoms with Gasteiger partial charge in [-0.3, -0.25) is 9.69 Å². The molecule has 0 bridgehead atoms. The van der Waals surface area contributed by atoms with Crippen LogP contribution in [0.3, 0.4) is 0 Å². The summed E-state index contributed by atoms with van der Waals surface area (Å²) in [6.45, 7) is 5.21. The molecule has 1 heterocycles. The summed E-state index contributed by atoms with van der Waals surface area (Å²) in [6.07, 6.45) is 3.29. The van der Waals surface area contributed by atoms with Crippen LogP contribution in [0, 0.1) is 6.92 Å². The van der Waals surface area contributed by atoms with E-state index in [1.165, 1.54) is 11.1 Å². The largest absolute Gasteiger partial charge is 0.497 e. The summed E-state index contributed by atoms with van der Waals surface area (Å²) in [4.78, 5) is 14.9. The zero-order chi connectivity index (χ0) is 23.9. The molecule has 0 unspecified atom stereocenters. The fourth-order valence-corrected chi connectivity index (χ4v) is 4.29. The first-order valence-corrected chi connectivity index (χ1v) is 11.6. The van der Waals surface area contributed by atoms with E-state index in [2.05, 4.69) is 46.6 Å². The standard InChI is InChI=1S/C29H32N2O3/c1-21-6-4-9-25(16-21)29(32)30-19-22-7-5-8-24(17-22)23-12-14-31(15-13-23)20-26-10-11-27(33-2)18-28(26)34-3/h4-12,16-18H,13-15,19-20H2,1-3H3,(H,30,32). The molecule has 0 saturated carbocycles. The van der Waals surface area contributed by atoms with Crippen molar-refractivity contribution in [2.24, 2.45) is 0 Å². The molecule has 0 aliphatic carbocycles. The SMILES string of the molecule is COc1ccc(CN2CC=C(c3cccc(CNC(=O)c4cccc(C)c4)c3)CC2)c(OC)c1. The van der Waals surface area contributed by atoms with Crippen molar-refractivity contribution >= 4 is 11.5 Å². The third kappa shape index (κ3) is 5.86. The molecule has 1 aliphatic rings. The Balaban J connectivity index is 1.36. The highest BCUT2D eigenvalue weighted by atomic mass is 16.5. The maximum atomic E-state index is 12.5. The van der Waals surface area contributed by atoms with Gasteiger partial charge in [-0.25, -0.2) is 0 Å². The molecule has 176 valence electrons. The van der Waals surface area contributed by atoms with Crippen LogP contribution in [0.15, 0.2) is 72.8 Å². The van der Waals surface area contributed by atoms with Crippen LogP contribution < -0.4 is 14.8 Å². The Hall–Kier alpha value is -3.57. The van der Waals surface area contributed by atoms with Crippen molar-refractivity contribution in [3.8, 4) is 11.5 Å². The van der Waals surface area contributed by atoms with Crippen LogP contribution in [0.25, 0.3) is 5.57 Å². The maximum Gasteiger partial charge on any atom is 0.251 e. The number of ether oxygens (including phenoxy) is 2. The Morgan fingerprint density at radius 3 is 2.59 bits per heavy atom. The van der Waals surface area contributed by atoms with E-state index in [4.69, 9.17) is 9.47 Å². The first kappa shape index (κ1) is 23.6. The average Bonchev–Trinajstić information content (AvgIpc) is 2.88. The monoisotopic (exact) mass is 456 g/mol. The van der Waals surface area contributed by atoms with Gasteiger partial charge in [-0.2, -0.15) is 0 Å². The minimum Gasteiger partial charge on any atom is -0.497 e. The first-order valence-electron chi connectivity index (χ1n) is 11.6. The maximum absolute atomic E-state index is 12.5. The smallest absolute Gasteiger partial charge is 0.251 e. The van der Waals surface area contributed by atoms with Crippen LogP contribution in [0.4, 0.5) is 0 Å². The second-order valence-corrected chi connectivity index (χ2v) is 8.64. The summed E-state index contributed by atoms with van der Waals surface area (Å²) < 4.78 is 10.9. The van der Waals surface area contributed by atoms with E-state index >= 15 is 0 Å². The molecule has 0 spiro atoms. The Morgan fingerprint density at radius 1 is 1.00 bits per heavy atom. The van der Waals surface area contributed by atoms with E-state index < -0.39 is 0 Å². The van der Waals surface area contributed by atoms with E-state index in [9.17, 15) is 4.79 Å². The number of rotatable bonds is 8. The number of aryl methyl sites for hydroxylation is 1. The molecular formula is C29H32N2O3. The summed E-state index contributed by atoms with van der Waals surface area (Å²) in [7, 11) is 3.36. The summed E-state index contributed by atoms with van der Waals surface area (Å²) in [6, 6.07) is 22.1. The van der Waals surface area contributed by atoms with Crippen molar-refractivity contribution in [2.45, 2.75) is 26.4 Å². The molecule has 1 N–H and O–H groups in total. The van der Waals surface area contributed by atoms with Crippen molar-refractivity contribution in [1.29, 1.82) is 0 Å². The van der Waals surface area contributed by atoms with Gasteiger partial charge in [0, 0.05) is 43.4 Å². The number of hydrogen-bond acceptors (Lipinski definition) is 4. The molecule has 5 nitrogen and oxygen atoms in total. The minimum atomic E-state index is -0.0458. The molecule has 1 aliphatic heterocycles. The number of nitrogens with zero attached hydrogens (tertiary/aromatic N) is 1. The van der Waals surface area contributed by atoms with Crippen molar-refractivity contribution in [1.82, 2.24) is 10.2 Å². The van der Waals surface area contributed by atoms with Crippen LogP contribution >= 0.6 is 0 Å². The molecule has 0 saturated heterocycles. The molecule has 5 heteroatoms. The molecule has 3 aromatic carbocycles. The molecule has 0 aromatic heterocycles. The number of carbonyl (C=O) groups is 1. The number of carbonyl (C=O) groups excluding carboxylic acids is 1. The minimum absolute atomic E-state index is 0.0458. The highest BCUT2D eigenvalue weighted by molar-refractivity contribution is 5.94. The number of amides is 1. The average molecular weight is 457 g/mol. The van der Waals surface area contributed by atoms with Crippen molar-refractivity contribution in [2.75, 3.05) is 27.3 Å². The van der Waals surface area contributed by atoms with Crippen LogP contribution in [-0.2, 0) is 13.1 Å². The predicted octanol–water partition coefficient (Wildman–Crippen LogP) is 5.23. The van der Waals surface area contributed by atoms with Crippen molar-refractivity contribution in [3.63, 3.8) is 0 Å². The molecule has 34 heavy (non-hydrogen) atoms. The Kier molecular flexibility index (Phi) is 7.65. The fourth-order valence-electron chi connectivity index (χ4n) is 4.29. The molecule has 0 radical (unpaired) electrons. The number of nitrogens with one attached hydrogen (secondary N) is 1. The highest BCUT2D eigenvalue weighted by Gasteiger charge is 2.16. The molecule has 0 atom stereocenters. The first-order chi connectivity index (χ1) is 16.6. The lowest BCUT2D eigenvalue weighted by Gasteiger charge is -2.27. The third-order valence-corrected chi connectivity index (χ3v) is 6.21. The second-order valence-electron chi connectivity index (χ2n) is 8.64. The van der Waals surface area contributed by atoms with Crippen LogP contribution in [0.1, 0.15) is 39.0 Å². The van der Waals surface area contributed by atoms with Gasteiger partial charge in [0.25, 0.3) is 5.91 Å². The fraction of sp³-hybridized carbons (Fsp3) is 0.276. The normalized spacial score (nSPS) is 13.8. The van der Waals surface area contributed by atoms with Crippen molar-refractivity contribution < 1.29 is 14.3 Å². The van der Waals surface area contributed by atoms with Crippen LogP contribution in [-0.4, -0.2) is 38.1 Å². The van der Waals surface area contributed by atoms with Gasteiger partial charge in [0.05, 0.1) is 14.2 Å². The molecule has 0 fully saturated rings. The molecule has 3 aromatic rings. The van der Waals surface area contributed by atoms with E-state index in [0.29, 0.717) is 12.1 Å². The predicted molar refractivity (Wildman–Crippen MR) is 136 cm³/mol. The summed E-state index contributed by atoms with van der Waals surface area (Å²) in [5.74, 6) is 1.61. The Bertz CT molecular complexity index is 1190. The second kappa shape index (κ2) is 11.0. The summed E-state index contributed by atoms with van der Waals surface area (Å²) >= 11 is 0. The van der Waals surface area contributed by atoms with Gasteiger partial charge in [-0.1, -0.05) is 48.0 Å². The van der Waals surface area contributed by atoms with Gasteiger partial charge in [0.1, 0.15) is 11.5 Å². The molecule has 1 amide bonds. The highest BCUT2D eigenvalue weighted by Crippen LogP contribution is 2.28. The lowest BCUT2D eigenvalue weighted by molar-refractivity contribution is 0.0951. The molecule has 4 rings (SSSR count). The number of methoxy groups -OCH3 is 2. The van der Waals surface area contributed by atoms with Gasteiger partial charge >= 0.3 is 0 Å². The Labute approximate surface area is 202 Å². The number of benzene rings is 3. The van der Waals surface area contributed by atoms with Gasteiger partial charge in [-0.15, -0.1) is 0 Å². The van der Waals surface area contributed by atoms with E-state index in [-0.39, 0.29) is 5.91 Å². The summed E-state index contributed by atoms with van der Waals surface area (Å²) in [5.41, 5.74) is 6.61. The Morgan fingerprint density at radius 2 is 1.85 bits per heavy atom. The van der Waals surface area contributed by atoms with Gasteiger partial charge in [-0.05, 0) is 54.3 Å². The van der Waals surface area contributed by atoms with Gasteiger partial charge in [0.15, 0.2) is 0 Å².